The van der Waals surface area contributed by atoms with Crippen LogP contribution in [0.25, 0.3) is 10.2 Å². The van der Waals surface area contributed by atoms with Crippen molar-refractivity contribution in [1.82, 2.24) is 4.98 Å². The van der Waals surface area contributed by atoms with Crippen LogP contribution in [0.4, 0.5) is 0 Å². The number of H-pyrrole nitrogens is 1. The van der Waals surface area contributed by atoms with Crippen molar-refractivity contribution in [1.29, 1.82) is 0 Å². The lowest BCUT2D eigenvalue weighted by atomic mass is 10.3. The molecule has 0 fully saturated rings. The SMILES string of the molecule is CSc1ccc2[nH]c(=O)sc2c1. The van der Waals surface area contributed by atoms with Crippen molar-refractivity contribution in [3.05, 3.63) is 27.9 Å². The van der Waals surface area contributed by atoms with Gasteiger partial charge in [-0.3, -0.25) is 4.79 Å². The van der Waals surface area contributed by atoms with Crippen LogP contribution in [0.2, 0.25) is 0 Å². The number of rotatable bonds is 1. The van der Waals surface area contributed by atoms with E-state index in [-0.39, 0.29) is 4.87 Å². The number of hydrogen-bond donors (Lipinski definition) is 1. The normalized spacial score (nSPS) is 10.8. The number of thiazole rings is 1. The van der Waals surface area contributed by atoms with Gasteiger partial charge in [0.2, 0.25) is 0 Å². The minimum absolute atomic E-state index is 0.0169. The Morgan fingerprint density at radius 3 is 3.08 bits per heavy atom. The summed E-state index contributed by atoms with van der Waals surface area (Å²) in [6.07, 6.45) is 2.02. The molecular formula is C8H7NOS2. The van der Waals surface area contributed by atoms with E-state index in [0.717, 1.165) is 10.2 Å². The molecule has 0 atom stereocenters. The number of aromatic amines is 1. The van der Waals surface area contributed by atoms with E-state index in [9.17, 15) is 4.79 Å². The Kier molecular flexibility index (Phi) is 1.94. The van der Waals surface area contributed by atoms with E-state index in [4.69, 9.17) is 0 Å². The highest BCUT2D eigenvalue weighted by molar-refractivity contribution is 7.98. The maximum atomic E-state index is 10.9. The Morgan fingerprint density at radius 1 is 1.50 bits per heavy atom. The minimum Gasteiger partial charge on any atom is -0.312 e. The van der Waals surface area contributed by atoms with Crippen molar-refractivity contribution in [2.24, 2.45) is 0 Å². The molecule has 0 amide bonds. The number of hydrogen-bond acceptors (Lipinski definition) is 3. The van der Waals surface area contributed by atoms with E-state index in [1.807, 2.05) is 24.5 Å². The van der Waals surface area contributed by atoms with Gasteiger partial charge in [0.1, 0.15) is 0 Å². The quantitative estimate of drug-likeness (QED) is 0.712. The molecule has 2 rings (SSSR count). The Labute approximate surface area is 77.6 Å². The molecule has 2 aromatic rings. The molecule has 0 unspecified atom stereocenters. The van der Waals surface area contributed by atoms with Gasteiger partial charge in [0.05, 0.1) is 10.2 Å². The topological polar surface area (TPSA) is 32.9 Å². The molecule has 0 radical (unpaired) electrons. The summed E-state index contributed by atoms with van der Waals surface area (Å²) in [5.74, 6) is 0. The first-order chi connectivity index (χ1) is 5.79. The van der Waals surface area contributed by atoms with Gasteiger partial charge in [0.25, 0.3) is 0 Å². The van der Waals surface area contributed by atoms with Crippen molar-refractivity contribution >= 4 is 33.3 Å². The molecule has 1 heterocycles. The monoisotopic (exact) mass is 197 g/mol. The van der Waals surface area contributed by atoms with E-state index >= 15 is 0 Å². The Hall–Kier alpha value is -0.740. The smallest absolute Gasteiger partial charge is 0.305 e. The van der Waals surface area contributed by atoms with Crippen LogP contribution in [0.5, 0.6) is 0 Å². The molecule has 0 aliphatic heterocycles. The minimum atomic E-state index is 0.0169. The van der Waals surface area contributed by atoms with Crippen LogP contribution < -0.4 is 4.87 Å². The molecule has 0 saturated carbocycles. The standard InChI is InChI=1S/C8H7NOS2/c1-11-5-2-3-6-7(4-5)12-8(10)9-6/h2-4H,1H3,(H,9,10). The molecule has 0 aliphatic rings. The molecule has 1 aromatic heterocycles. The number of nitrogens with one attached hydrogen (secondary N) is 1. The summed E-state index contributed by atoms with van der Waals surface area (Å²) in [5.41, 5.74) is 0.933. The molecule has 4 heteroatoms. The fraction of sp³-hybridized carbons (Fsp3) is 0.125. The zero-order valence-corrected chi connectivity index (χ0v) is 8.09. The van der Waals surface area contributed by atoms with Gasteiger partial charge in [-0.1, -0.05) is 11.3 Å². The molecule has 12 heavy (non-hydrogen) atoms. The van der Waals surface area contributed by atoms with E-state index in [2.05, 4.69) is 4.98 Å². The van der Waals surface area contributed by atoms with Gasteiger partial charge in [-0.05, 0) is 24.5 Å². The van der Waals surface area contributed by atoms with Crippen molar-refractivity contribution in [2.45, 2.75) is 4.90 Å². The fourth-order valence-electron chi connectivity index (χ4n) is 1.05. The van der Waals surface area contributed by atoms with E-state index in [1.165, 1.54) is 16.2 Å². The summed E-state index contributed by atoms with van der Waals surface area (Å²) in [7, 11) is 0. The highest BCUT2D eigenvalue weighted by Gasteiger charge is 1.98. The highest BCUT2D eigenvalue weighted by Crippen LogP contribution is 2.21. The van der Waals surface area contributed by atoms with Crippen LogP contribution in [0.15, 0.2) is 27.9 Å². The molecule has 62 valence electrons. The Morgan fingerprint density at radius 2 is 2.33 bits per heavy atom. The lowest BCUT2D eigenvalue weighted by molar-refractivity contribution is 1.39. The lowest BCUT2D eigenvalue weighted by Crippen LogP contribution is -1.89. The summed E-state index contributed by atoms with van der Waals surface area (Å²) in [6, 6.07) is 5.98. The van der Waals surface area contributed by atoms with E-state index < -0.39 is 0 Å². The fourth-order valence-corrected chi connectivity index (χ4v) is 2.34. The average Bonchev–Trinajstić information content (AvgIpc) is 2.43. The Balaban J connectivity index is 2.74. The van der Waals surface area contributed by atoms with Crippen LogP contribution in [-0.2, 0) is 0 Å². The second-order valence-corrected chi connectivity index (χ2v) is 4.27. The predicted octanol–water partition coefficient (Wildman–Crippen LogP) is 2.31. The zero-order valence-electron chi connectivity index (χ0n) is 6.46. The van der Waals surface area contributed by atoms with Gasteiger partial charge >= 0.3 is 4.87 Å². The third-order valence-electron chi connectivity index (χ3n) is 1.63. The summed E-state index contributed by atoms with van der Waals surface area (Å²) < 4.78 is 1.03. The van der Waals surface area contributed by atoms with Crippen LogP contribution in [0.1, 0.15) is 0 Å². The molecule has 0 bridgehead atoms. The van der Waals surface area contributed by atoms with Crippen LogP contribution >= 0.6 is 23.1 Å². The largest absolute Gasteiger partial charge is 0.312 e. The molecule has 0 spiro atoms. The van der Waals surface area contributed by atoms with Gasteiger partial charge < -0.3 is 4.98 Å². The summed E-state index contributed by atoms with van der Waals surface area (Å²) in [6.45, 7) is 0. The number of benzene rings is 1. The van der Waals surface area contributed by atoms with Gasteiger partial charge in [0.15, 0.2) is 0 Å². The number of fused-ring (bicyclic) bond motifs is 1. The molecule has 0 aliphatic carbocycles. The summed E-state index contributed by atoms with van der Waals surface area (Å²) in [5, 5.41) is 0. The van der Waals surface area contributed by atoms with E-state index in [0.29, 0.717) is 0 Å². The van der Waals surface area contributed by atoms with Gasteiger partial charge in [-0.15, -0.1) is 11.8 Å². The van der Waals surface area contributed by atoms with Gasteiger partial charge in [0, 0.05) is 4.90 Å². The van der Waals surface area contributed by atoms with Crippen LogP contribution in [0.3, 0.4) is 0 Å². The second-order valence-electron chi connectivity index (χ2n) is 2.38. The first kappa shape index (κ1) is 7.89. The molecule has 1 N–H and O–H groups in total. The molecule has 2 nitrogen and oxygen atoms in total. The summed E-state index contributed by atoms with van der Waals surface area (Å²) in [4.78, 5) is 14.9. The average molecular weight is 197 g/mol. The molecular weight excluding hydrogens is 190 g/mol. The van der Waals surface area contributed by atoms with Crippen molar-refractivity contribution in [3.63, 3.8) is 0 Å². The predicted molar refractivity (Wildman–Crippen MR) is 54.2 cm³/mol. The van der Waals surface area contributed by atoms with Crippen molar-refractivity contribution in [3.8, 4) is 0 Å². The molecule has 1 aromatic carbocycles. The second kappa shape index (κ2) is 2.95. The Bertz CT molecular complexity index is 457. The number of aromatic nitrogens is 1. The highest BCUT2D eigenvalue weighted by atomic mass is 32.2. The maximum absolute atomic E-state index is 10.9. The van der Waals surface area contributed by atoms with Crippen molar-refractivity contribution in [2.75, 3.05) is 6.26 Å². The van der Waals surface area contributed by atoms with Crippen molar-refractivity contribution < 1.29 is 0 Å². The van der Waals surface area contributed by atoms with Gasteiger partial charge in [-0.2, -0.15) is 0 Å². The number of thioether (sulfide) groups is 1. The molecule has 0 saturated heterocycles. The zero-order chi connectivity index (χ0) is 8.55. The van der Waals surface area contributed by atoms with Gasteiger partial charge in [-0.25, -0.2) is 0 Å². The lowest BCUT2D eigenvalue weighted by Gasteiger charge is -1.93. The van der Waals surface area contributed by atoms with Crippen LogP contribution in [0, 0.1) is 0 Å². The van der Waals surface area contributed by atoms with E-state index in [1.54, 1.807) is 11.8 Å². The maximum Gasteiger partial charge on any atom is 0.305 e. The summed E-state index contributed by atoms with van der Waals surface area (Å²) >= 11 is 2.94. The first-order valence-corrected chi connectivity index (χ1v) is 5.50. The van der Waals surface area contributed by atoms with Crippen LogP contribution in [-0.4, -0.2) is 11.2 Å². The third kappa shape index (κ3) is 1.28. The first-order valence-electron chi connectivity index (χ1n) is 3.46. The third-order valence-corrected chi connectivity index (χ3v) is 3.20.